The van der Waals surface area contributed by atoms with Gasteiger partial charge in [-0.25, -0.2) is 17.9 Å². The van der Waals surface area contributed by atoms with E-state index in [0.717, 1.165) is 11.3 Å². The van der Waals surface area contributed by atoms with Crippen molar-refractivity contribution < 1.29 is 17.6 Å². The molecule has 136 valence electrons. The molecule has 0 bridgehead atoms. The summed E-state index contributed by atoms with van der Waals surface area (Å²) in [6, 6.07) is 10.2. The molecule has 0 saturated heterocycles. The first-order chi connectivity index (χ1) is 11.8. The Hall–Kier alpha value is -2.32. The van der Waals surface area contributed by atoms with Crippen molar-refractivity contribution in [2.24, 2.45) is 0 Å². The number of benzene rings is 1. The van der Waals surface area contributed by atoms with E-state index in [0.29, 0.717) is 17.9 Å². The normalized spacial score (nSPS) is 12.6. The quantitative estimate of drug-likeness (QED) is 0.700. The Kier molecular flexibility index (Phi) is 6.22. The van der Waals surface area contributed by atoms with Gasteiger partial charge in [0, 0.05) is 6.54 Å². The van der Waals surface area contributed by atoms with Crippen LogP contribution in [0, 0.1) is 6.92 Å². The van der Waals surface area contributed by atoms with Gasteiger partial charge >= 0.3 is 6.03 Å². The number of furan rings is 1. The number of sulfonamides is 1. The average molecular weight is 365 g/mol. The topological polar surface area (TPSA) is 100 Å². The number of carbonyl (C=O) groups is 1. The van der Waals surface area contributed by atoms with Crippen LogP contribution in [0.1, 0.15) is 35.6 Å². The van der Waals surface area contributed by atoms with E-state index in [-0.39, 0.29) is 17.8 Å². The highest BCUT2D eigenvalue weighted by Gasteiger charge is 2.13. The van der Waals surface area contributed by atoms with Gasteiger partial charge in [-0.15, -0.1) is 0 Å². The van der Waals surface area contributed by atoms with Crippen molar-refractivity contribution in [1.29, 1.82) is 0 Å². The summed E-state index contributed by atoms with van der Waals surface area (Å²) in [5, 5.41) is 5.55. The number of hydrogen-bond donors (Lipinski definition) is 3. The Morgan fingerprint density at radius 2 is 1.92 bits per heavy atom. The van der Waals surface area contributed by atoms with Gasteiger partial charge in [0.25, 0.3) is 0 Å². The minimum absolute atomic E-state index is 0.0988. The molecule has 1 aromatic heterocycles. The fraction of sp³-hybridized carbons (Fsp3) is 0.353. The predicted molar refractivity (Wildman–Crippen MR) is 95.4 cm³/mol. The summed E-state index contributed by atoms with van der Waals surface area (Å²) >= 11 is 0. The summed E-state index contributed by atoms with van der Waals surface area (Å²) in [6.45, 7) is 3.97. The van der Waals surface area contributed by atoms with E-state index in [1.165, 1.54) is 7.05 Å². The van der Waals surface area contributed by atoms with E-state index >= 15 is 0 Å². The summed E-state index contributed by atoms with van der Waals surface area (Å²) in [4.78, 5) is 12.0. The van der Waals surface area contributed by atoms with Crippen LogP contribution in [0.2, 0.25) is 0 Å². The van der Waals surface area contributed by atoms with Crippen LogP contribution in [-0.4, -0.2) is 21.5 Å². The molecule has 0 aliphatic carbocycles. The first kappa shape index (κ1) is 19.0. The molecule has 0 radical (unpaired) electrons. The van der Waals surface area contributed by atoms with Gasteiger partial charge in [0.2, 0.25) is 10.0 Å². The van der Waals surface area contributed by atoms with Crippen LogP contribution in [0.15, 0.2) is 40.8 Å². The lowest BCUT2D eigenvalue weighted by atomic mass is 10.1. The van der Waals surface area contributed by atoms with Crippen LogP contribution in [0.5, 0.6) is 0 Å². The van der Waals surface area contributed by atoms with Gasteiger partial charge in [0.05, 0.1) is 11.8 Å². The third kappa shape index (κ3) is 5.91. The minimum atomic E-state index is -3.33. The van der Waals surface area contributed by atoms with Gasteiger partial charge in [-0.05, 0) is 44.2 Å². The number of aryl methyl sites for hydroxylation is 1. The van der Waals surface area contributed by atoms with E-state index < -0.39 is 10.0 Å². The van der Waals surface area contributed by atoms with Crippen LogP contribution in [0.25, 0.3) is 0 Å². The first-order valence-electron chi connectivity index (χ1n) is 7.89. The van der Waals surface area contributed by atoms with Crippen LogP contribution >= 0.6 is 0 Å². The van der Waals surface area contributed by atoms with Gasteiger partial charge in [0.15, 0.2) is 0 Å². The standard InChI is InChI=1S/C17H23N3O4S/c1-12-7-8-16(24-12)13(2)20-17(21)19-10-14-5-4-6-15(9-14)11-25(22,23)18-3/h4-9,13,18H,10-11H2,1-3H3,(H2,19,20,21). The predicted octanol–water partition coefficient (Wildman–Crippen LogP) is 2.20. The van der Waals surface area contributed by atoms with E-state index in [9.17, 15) is 13.2 Å². The summed E-state index contributed by atoms with van der Waals surface area (Å²) < 4.78 is 31.0. The van der Waals surface area contributed by atoms with Gasteiger partial charge in [0.1, 0.15) is 11.5 Å². The molecule has 0 saturated carbocycles. The number of nitrogens with one attached hydrogen (secondary N) is 3. The fourth-order valence-electron chi connectivity index (χ4n) is 2.31. The molecule has 8 heteroatoms. The Balaban J connectivity index is 1.89. The zero-order valence-corrected chi connectivity index (χ0v) is 15.3. The molecule has 25 heavy (non-hydrogen) atoms. The first-order valence-corrected chi connectivity index (χ1v) is 9.54. The molecule has 1 aromatic carbocycles. The molecule has 2 amide bonds. The van der Waals surface area contributed by atoms with Gasteiger partial charge in [-0.3, -0.25) is 0 Å². The molecular weight excluding hydrogens is 342 g/mol. The minimum Gasteiger partial charge on any atom is -0.464 e. The maximum absolute atomic E-state index is 12.0. The van der Waals surface area contributed by atoms with Crippen molar-refractivity contribution in [2.75, 3.05) is 7.05 Å². The largest absolute Gasteiger partial charge is 0.464 e. The summed E-state index contributed by atoms with van der Waals surface area (Å²) in [7, 11) is -1.94. The van der Waals surface area contributed by atoms with Crippen molar-refractivity contribution in [3.8, 4) is 0 Å². The SMILES string of the molecule is CNS(=O)(=O)Cc1cccc(CNC(=O)NC(C)c2ccc(C)o2)c1. The zero-order valence-electron chi connectivity index (χ0n) is 14.5. The number of rotatable bonds is 7. The van der Waals surface area contributed by atoms with Gasteiger partial charge < -0.3 is 15.1 Å². The van der Waals surface area contributed by atoms with Crippen molar-refractivity contribution in [2.45, 2.75) is 32.2 Å². The molecule has 7 nitrogen and oxygen atoms in total. The summed E-state index contributed by atoms with van der Waals surface area (Å²) in [5.74, 6) is 1.38. The molecule has 2 rings (SSSR count). The molecule has 3 N–H and O–H groups in total. The number of urea groups is 1. The van der Waals surface area contributed by atoms with E-state index in [1.54, 1.807) is 18.2 Å². The van der Waals surface area contributed by atoms with E-state index in [1.807, 2.05) is 32.0 Å². The molecule has 0 spiro atoms. The highest BCUT2D eigenvalue weighted by molar-refractivity contribution is 7.88. The monoisotopic (exact) mass is 365 g/mol. The fourth-order valence-corrected chi connectivity index (χ4v) is 3.07. The highest BCUT2D eigenvalue weighted by atomic mass is 32.2. The third-order valence-electron chi connectivity index (χ3n) is 3.65. The molecule has 0 fully saturated rings. The van der Waals surface area contributed by atoms with Crippen molar-refractivity contribution in [3.63, 3.8) is 0 Å². The third-order valence-corrected chi connectivity index (χ3v) is 4.98. The molecular formula is C17H23N3O4S. The second-order valence-corrected chi connectivity index (χ2v) is 7.71. The summed E-state index contributed by atoms with van der Waals surface area (Å²) in [6.07, 6.45) is 0. The number of amides is 2. The lowest BCUT2D eigenvalue weighted by molar-refractivity contribution is 0.235. The zero-order chi connectivity index (χ0) is 18.4. The second kappa shape index (κ2) is 8.17. The number of hydrogen-bond acceptors (Lipinski definition) is 4. The number of carbonyl (C=O) groups excluding carboxylic acids is 1. The Morgan fingerprint density at radius 1 is 1.20 bits per heavy atom. The smallest absolute Gasteiger partial charge is 0.315 e. The maximum atomic E-state index is 12.0. The average Bonchev–Trinajstić information content (AvgIpc) is 2.99. The Morgan fingerprint density at radius 3 is 2.56 bits per heavy atom. The lowest BCUT2D eigenvalue weighted by Crippen LogP contribution is -2.36. The Labute approximate surface area is 147 Å². The molecule has 1 heterocycles. The molecule has 1 unspecified atom stereocenters. The van der Waals surface area contributed by atoms with Crippen molar-refractivity contribution >= 4 is 16.1 Å². The van der Waals surface area contributed by atoms with Crippen molar-refractivity contribution in [1.82, 2.24) is 15.4 Å². The maximum Gasteiger partial charge on any atom is 0.315 e. The highest BCUT2D eigenvalue weighted by Crippen LogP contribution is 2.15. The molecule has 1 atom stereocenters. The van der Waals surface area contributed by atoms with Crippen LogP contribution in [0.4, 0.5) is 4.79 Å². The van der Waals surface area contributed by atoms with Crippen LogP contribution in [-0.2, 0) is 22.3 Å². The van der Waals surface area contributed by atoms with Crippen LogP contribution < -0.4 is 15.4 Å². The van der Waals surface area contributed by atoms with Gasteiger partial charge in [-0.1, -0.05) is 24.3 Å². The van der Waals surface area contributed by atoms with Gasteiger partial charge in [-0.2, -0.15) is 0 Å². The van der Waals surface area contributed by atoms with Crippen LogP contribution in [0.3, 0.4) is 0 Å². The Bertz CT molecular complexity index is 830. The van der Waals surface area contributed by atoms with Crippen molar-refractivity contribution in [3.05, 3.63) is 59.0 Å². The van der Waals surface area contributed by atoms with E-state index in [2.05, 4.69) is 15.4 Å². The lowest BCUT2D eigenvalue weighted by Gasteiger charge is -2.13. The summed E-state index contributed by atoms with van der Waals surface area (Å²) in [5.41, 5.74) is 1.48. The molecule has 2 aromatic rings. The molecule has 0 aliphatic heterocycles. The second-order valence-electron chi connectivity index (χ2n) is 5.78. The van der Waals surface area contributed by atoms with E-state index in [4.69, 9.17) is 4.42 Å². The molecule has 0 aliphatic rings.